The summed E-state index contributed by atoms with van der Waals surface area (Å²) in [6.07, 6.45) is 6.69. The molecule has 1 atom stereocenters. The van der Waals surface area contributed by atoms with Gasteiger partial charge in [-0.15, -0.1) is 0 Å². The van der Waals surface area contributed by atoms with Crippen LogP contribution in [0.4, 0.5) is 0 Å². The summed E-state index contributed by atoms with van der Waals surface area (Å²) >= 11 is 0. The highest BCUT2D eigenvalue weighted by Gasteiger charge is 2.58. The number of hydrogen-bond donors (Lipinski definition) is 0. The molecule has 1 aromatic heterocycles. The molecule has 2 nitrogen and oxygen atoms in total. The van der Waals surface area contributed by atoms with E-state index < -0.39 is 0 Å². The van der Waals surface area contributed by atoms with Gasteiger partial charge in [-0.05, 0) is 101 Å². The predicted octanol–water partition coefficient (Wildman–Crippen LogP) is 11.8. The van der Waals surface area contributed by atoms with Gasteiger partial charge >= 0.3 is 0 Å². The Morgan fingerprint density at radius 1 is 0.592 bits per heavy atom. The highest BCUT2D eigenvalue weighted by atomic mass is 16.1. The number of hydrogen-bond acceptors (Lipinski definition) is 1. The van der Waals surface area contributed by atoms with Crippen LogP contribution in [0, 0.1) is 6.92 Å². The SMILES string of the molecule is CCCC1(C)c2cc(C)c(-c3cccc(C(=O)c4cc(-c5ccccc5)cc(-c5ccccc5)c4)c3)cc2-c2cccc[n+]2C1(CC)CC. The van der Waals surface area contributed by atoms with E-state index in [2.05, 4.69) is 118 Å². The molecule has 2 heterocycles. The van der Waals surface area contributed by atoms with Crippen molar-refractivity contribution >= 4 is 5.78 Å². The molecule has 1 aliphatic heterocycles. The topological polar surface area (TPSA) is 20.9 Å². The first-order valence-electron chi connectivity index (χ1n) is 17.9. The Hall–Kier alpha value is -5.08. The quantitative estimate of drug-likeness (QED) is 0.114. The molecule has 7 rings (SSSR count). The monoisotopic (exact) mass is 640 g/mol. The Labute approximate surface area is 292 Å². The van der Waals surface area contributed by atoms with Gasteiger partial charge in [-0.25, -0.2) is 0 Å². The minimum atomic E-state index is -0.0130. The number of aryl methyl sites for hydroxylation is 1. The summed E-state index contributed by atoms with van der Waals surface area (Å²) in [6.45, 7) is 11.8. The Kier molecular flexibility index (Phi) is 8.67. The minimum Gasteiger partial charge on any atom is -0.289 e. The van der Waals surface area contributed by atoms with Crippen molar-refractivity contribution in [2.24, 2.45) is 0 Å². The minimum absolute atomic E-state index is 0.000213. The van der Waals surface area contributed by atoms with Crippen LogP contribution < -0.4 is 4.57 Å². The van der Waals surface area contributed by atoms with E-state index in [-0.39, 0.29) is 16.7 Å². The van der Waals surface area contributed by atoms with E-state index in [1.165, 1.54) is 27.9 Å². The van der Waals surface area contributed by atoms with E-state index in [1.54, 1.807) is 0 Å². The summed E-state index contributed by atoms with van der Waals surface area (Å²) in [5.74, 6) is 0.0273. The molecule has 0 fully saturated rings. The molecule has 49 heavy (non-hydrogen) atoms. The largest absolute Gasteiger partial charge is 0.289 e. The fourth-order valence-corrected chi connectivity index (χ4v) is 8.83. The highest BCUT2D eigenvalue weighted by Crippen LogP contribution is 2.52. The van der Waals surface area contributed by atoms with Crippen LogP contribution in [0.15, 0.2) is 140 Å². The van der Waals surface area contributed by atoms with Crippen molar-refractivity contribution in [3.05, 3.63) is 162 Å². The van der Waals surface area contributed by atoms with Gasteiger partial charge in [0.1, 0.15) is 0 Å². The Morgan fingerprint density at radius 3 is 1.80 bits per heavy atom. The van der Waals surface area contributed by atoms with Gasteiger partial charge in [0.05, 0.1) is 11.0 Å². The van der Waals surface area contributed by atoms with Crippen LogP contribution in [0.25, 0.3) is 44.6 Å². The molecule has 0 aliphatic carbocycles. The van der Waals surface area contributed by atoms with Crippen molar-refractivity contribution in [2.75, 3.05) is 0 Å². The molecule has 0 bridgehead atoms. The smallest absolute Gasteiger partial charge is 0.213 e. The molecule has 0 amide bonds. The van der Waals surface area contributed by atoms with Crippen molar-refractivity contribution in [3.8, 4) is 44.6 Å². The Balaban J connectivity index is 1.34. The second-order valence-corrected chi connectivity index (χ2v) is 13.9. The van der Waals surface area contributed by atoms with Crippen molar-refractivity contribution in [3.63, 3.8) is 0 Å². The summed E-state index contributed by atoms with van der Waals surface area (Å²) in [5, 5.41) is 0. The van der Waals surface area contributed by atoms with Crippen molar-refractivity contribution < 1.29 is 9.36 Å². The fourth-order valence-electron chi connectivity index (χ4n) is 8.83. The maximum absolute atomic E-state index is 14.4. The van der Waals surface area contributed by atoms with Crippen molar-refractivity contribution in [1.82, 2.24) is 0 Å². The number of benzene rings is 5. The molecular weight excluding hydrogens is 595 g/mol. The van der Waals surface area contributed by atoms with Gasteiger partial charge in [0, 0.05) is 36.1 Å². The standard InChI is InChI=1S/C47H46NO/c1-6-25-46(5)43-27-33(4)41(32-42(43)44-24-15-16-26-48(44)47(46,7-2)8-3)36-22-17-23-37(28-36)45(49)40-30-38(34-18-11-9-12-19-34)29-39(31-40)35-20-13-10-14-21-35/h9-24,26-32H,6-8,25H2,1-5H3/q+1. The number of rotatable bonds is 9. The lowest BCUT2D eigenvalue weighted by molar-refractivity contribution is -0.769. The maximum atomic E-state index is 14.4. The van der Waals surface area contributed by atoms with Crippen LogP contribution in [-0.2, 0) is 11.0 Å². The third-order valence-electron chi connectivity index (χ3n) is 11.3. The zero-order valence-corrected chi connectivity index (χ0v) is 29.5. The zero-order chi connectivity index (χ0) is 34.2. The third-order valence-corrected chi connectivity index (χ3v) is 11.3. The van der Waals surface area contributed by atoms with Crippen LogP contribution in [0.3, 0.4) is 0 Å². The summed E-state index contributed by atoms with van der Waals surface area (Å²) in [6, 6.07) is 46.6. The predicted molar refractivity (Wildman–Crippen MR) is 204 cm³/mol. The van der Waals surface area contributed by atoms with Crippen LogP contribution >= 0.6 is 0 Å². The first-order chi connectivity index (χ1) is 23.8. The zero-order valence-electron chi connectivity index (χ0n) is 29.5. The fraction of sp³-hybridized carbons (Fsp3) is 0.234. The van der Waals surface area contributed by atoms with Crippen LogP contribution in [0.1, 0.15) is 80.4 Å². The number of fused-ring (bicyclic) bond motifs is 3. The molecule has 0 radical (unpaired) electrons. The van der Waals surface area contributed by atoms with Crippen molar-refractivity contribution in [2.45, 2.75) is 71.3 Å². The van der Waals surface area contributed by atoms with E-state index >= 15 is 0 Å². The molecule has 1 unspecified atom stereocenters. The van der Waals surface area contributed by atoms with Gasteiger partial charge in [-0.1, -0.05) is 112 Å². The molecule has 5 aromatic carbocycles. The van der Waals surface area contributed by atoms with Gasteiger partial charge in [-0.3, -0.25) is 4.79 Å². The number of ketones is 1. The molecular formula is C47H46NO+. The van der Waals surface area contributed by atoms with Crippen LogP contribution in [0.5, 0.6) is 0 Å². The average molecular weight is 641 g/mol. The van der Waals surface area contributed by atoms with E-state index in [4.69, 9.17) is 0 Å². The summed E-state index contributed by atoms with van der Waals surface area (Å²) in [7, 11) is 0. The molecule has 0 spiro atoms. The average Bonchev–Trinajstić information content (AvgIpc) is 3.15. The Bertz CT molecular complexity index is 2080. The van der Waals surface area contributed by atoms with Gasteiger partial charge in [-0.2, -0.15) is 4.57 Å². The maximum Gasteiger partial charge on any atom is 0.213 e. The number of aromatic nitrogens is 1. The number of nitrogens with zero attached hydrogens (tertiary/aromatic N) is 1. The van der Waals surface area contributed by atoms with Crippen LogP contribution in [0.2, 0.25) is 0 Å². The van der Waals surface area contributed by atoms with E-state index in [0.717, 1.165) is 53.5 Å². The Morgan fingerprint density at radius 2 is 1.18 bits per heavy atom. The van der Waals surface area contributed by atoms with Crippen molar-refractivity contribution in [1.29, 1.82) is 0 Å². The lowest BCUT2D eigenvalue weighted by Crippen LogP contribution is -2.68. The second kappa shape index (κ2) is 13.1. The van der Waals surface area contributed by atoms with Gasteiger partial charge in [0.15, 0.2) is 17.5 Å². The summed E-state index contributed by atoms with van der Waals surface area (Å²) in [5.41, 5.74) is 13.1. The molecule has 1 aliphatic rings. The lowest BCUT2D eigenvalue weighted by Gasteiger charge is -2.48. The molecule has 0 N–H and O–H groups in total. The number of carbonyl (C=O) groups excluding carboxylic acids is 1. The molecule has 0 saturated carbocycles. The molecule has 6 aromatic rings. The number of carbonyl (C=O) groups is 1. The first kappa shape index (κ1) is 32.5. The first-order valence-corrected chi connectivity index (χ1v) is 17.9. The van der Waals surface area contributed by atoms with Gasteiger partial charge in [0.2, 0.25) is 5.69 Å². The van der Waals surface area contributed by atoms with Gasteiger partial charge in [0.25, 0.3) is 0 Å². The molecule has 2 heteroatoms. The van der Waals surface area contributed by atoms with E-state index in [9.17, 15) is 4.79 Å². The second-order valence-electron chi connectivity index (χ2n) is 13.9. The molecule has 0 saturated heterocycles. The normalized spacial score (nSPS) is 16.1. The van der Waals surface area contributed by atoms with E-state index in [1.807, 2.05) is 60.7 Å². The van der Waals surface area contributed by atoms with Gasteiger partial charge < -0.3 is 0 Å². The highest BCUT2D eigenvalue weighted by molar-refractivity contribution is 6.11. The third kappa shape index (κ3) is 5.44. The summed E-state index contributed by atoms with van der Waals surface area (Å²) < 4.78 is 2.58. The van der Waals surface area contributed by atoms with E-state index in [0.29, 0.717) is 11.1 Å². The molecule has 244 valence electrons. The van der Waals surface area contributed by atoms with Crippen LogP contribution in [-0.4, -0.2) is 5.78 Å². The summed E-state index contributed by atoms with van der Waals surface area (Å²) in [4.78, 5) is 14.4. The lowest BCUT2D eigenvalue weighted by atomic mass is 9.58. The number of pyridine rings is 1.